The molecular formula is C22H30N4O6S. The van der Waals surface area contributed by atoms with Gasteiger partial charge in [0.15, 0.2) is 0 Å². The lowest BCUT2D eigenvalue weighted by atomic mass is 9.87. The molecule has 1 aromatic carbocycles. The number of urea groups is 1. The van der Waals surface area contributed by atoms with Crippen LogP contribution in [0.2, 0.25) is 0 Å². The van der Waals surface area contributed by atoms with Gasteiger partial charge in [0, 0.05) is 32.2 Å². The van der Waals surface area contributed by atoms with E-state index in [0.717, 1.165) is 0 Å². The number of amides is 3. The molecule has 4 heterocycles. The molecule has 3 atom stereocenters. The van der Waals surface area contributed by atoms with Crippen molar-refractivity contribution in [3.63, 3.8) is 0 Å². The van der Waals surface area contributed by atoms with E-state index in [-0.39, 0.29) is 41.6 Å². The van der Waals surface area contributed by atoms with Gasteiger partial charge in [0.05, 0.1) is 29.2 Å². The van der Waals surface area contributed by atoms with Gasteiger partial charge < -0.3 is 24.6 Å². The third kappa shape index (κ3) is 4.72. The normalized spacial score (nSPS) is 29.6. The Kier molecular flexibility index (Phi) is 6.06. The summed E-state index contributed by atoms with van der Waals surface area (Å²) in [5.74, 6) is -0.138. The van der Waals surface area contributed by atoms with Crippen molar-refractivity contribution in [3.05, 3.63) is 30.3 Å². The monoisotopic (exact) mass is 478 g/mol. The van der Waals surface area contributed by atoms with Gasteiger partial charge in [-0.1, -0.05) is 18.2 Å². The average Bonchev–Trinajstić information content (AvgIpc) is 3.20. The number of fused-ring (bicyclic) bond motifs is 1. The quantitative estimate of drug-likeness (QED) is 0.645. The van der Waals surface area contributed by atoms with Crippen molar-refractivity contribution in [2.45, 2.75) is 54.4 Å². The average molecular weight is 479 g/mol. The van der Waals surface area contributed by atoms with E-state index < -0.39 is 15.6 Å². The second kappa shape index (κ2) is 8.86. The Morgan fingerprint density at radius 3 is 2.64 bits per heavy atom. The van der Waals surface area contributed by atoms with Crippen LogP contribution >= 0.6 is 0 Å². The molecule has 5 rings (SSSR count). The van der Waals surface area contributed by atoms with E-state index in [0.29, 0.717) is 58.5 Å². The van der Waals surface area contributed by atoms with Crippen molar-refractivity contribution < 1.29 is 27.5 Å². The molecule has 0 saturated carbocycles. The molecule has 1 spiro atoms. The molecule has 2 unspecified atom stereocenters. The fourth-order valence-electron chi connectivity index (χ4n) is 5.33. The topological polar surface area (TPSA) is 117 Å². The minimum Gasteiger partial charge on any atom is -0.373 e. The Morgan fingerprint density at radius 2 is 1.88 bits per heavy atom. The van der Waals surface area contributed by atoms with Crippen LogP contribution in [0.15, 0.2) is 35.2 Å². The fraction of sp³-hybridized carbons (Fsp3) is 0.636. The van der Waals surface area contributed by atoms with Crippen LogP contribution in [0.1, 0.15) is 25.7 Å². The van der Waals surface area contributed by atoms with Crippen LogP contribution in [0.4, 0.5) is 4.79 Å². The molecule has 2 N–H and O–H groups in total. The van der Waals surface area contributed by atoms with Gasteiger partial charge in [-0.25, -0.2) is 17.9 Å². The van der Waals surface area contributed by atoms with Crippen LogP contribution in [0.25, 0.3) is 0 Å². The smallest absolute Gasteiger partial charge is 0.320 e. The van der Waals surface area contributed by atoms with Crippen LogP contribution in [0.5, 0.6) is 0 Å². The van der Waals surface area contributed by atoms with E-state index in [4.69, 9.17) is 9.47 Å². The van der Waals surface area contributed by atoms with E-state index in [1.165, 1.54) is 0 Å². The van der Waals surface area contributed by atoms with E-state index in [2.05, 4.69) is 10.0 Å². The molecule has 10 nitrogen and oxygen atoms in total. The minimum atomic E-state index is -3.59. The molecule has 0 aliphatic carbocycles. The van der Waals surface area contributed by atoms with Crippen LogP contribution in [0, 0.1) is 0 Å². The highest BCUT2D eigenvalue weighted by Gasteiger charge is 2.45. The molecule has 33 heavy (non-hydrogen) atoms. The molecule has 4 saturated heterocycles. The summed E-state index contributed by atoms with van der Waals surface area (Å²) >= 11 is 0. The lowest BCUT2D eigenvalue weighted by Gasteiger charge is -2.44. The highest BCUT2D eigenvalue weighted by Crippen LogP contribution is 2.36. The standard InChI is InChI=1S/C22H30N4O6S/c27-20-15-31-19-6-9-26(13-18(19)23-20)21(28)25-10-7-22(8-11-25)12-16(14-32-22)24-33(29,30)17-4-2-1-3-5-17/h1-5,16,18-19,24H,6-15H2,(H,23,27)/t16-,18?,19?/m1/s1. The summed E-state index contributed by atoms with van der Waals surface area (Å²) in [6, 6.07) is 7.86. The van der Waals surface area contributed by atoms with Gasteiger partial charge >= 0.3 is 6.03 Å². The molecule has 4 aliphatic heterocycles. The van der Waals surface area contributed by atoms with Crippen LogP contribution < -0.4 is 10.0 Å². The van der Waals surface area contributed by atoms with Gasteiger partial charge in [0.1, 0.15) is 6.61 Å². The van der Waals surface area contributed by atoms with Crippen molar-refractivity contribution in [2.75, 3.05) is 39.4 Å². The molecule has 4 aliphatic rings. The lowest BCUT2D eigenvalue weighted by Crippen LogP contribution is -2.63. The van der Waals surface area contributed by atoms with Crippen LogP contribution in [0.3, 0.4) is 0 Å². The summed E-state index contributed by atoms with van der Waals surface area (Å²) in [6.07, 6.45) is 2.61. The van der Waals surface area contributed by atoms with Gasteiger partial charge in [-0.05, 0) is 37.8 Å². The van der Waals surface area contributed by atoms with Crippen molar-refractivity contribution in [2.24, 2.45) is 0 Å². The zero-order chi connectivity index (χ0) is 23.1. The number of likely N-dealkylation sites (tertiary alicyclic amines) is 2. The number of rotatable bonds is 3. The van der Waals surface area contributed by atoms with Gasteiger partial charge in [-0.15, -0.1) is 0 Å². The predicted molar refractivity (Wildman–Crippen MR) is 118 cm³/mol. The zero-order valence-electron chi connectivity index (χ0n) is 18.4. The van der Waals surface area contributed by atoms with E-state index in [9.17, 15) is 18.0 Å². The molecule has 1 aromatic rings. The Labute approximate surface area is 193 Å². The predicted octanol–water partition coefficient (Wildman–Crippen LogP) is 0.298. The van der Waals surface area contributed by atoms with E-state index in [1.807, 2.05) is 4.90 Å². The summed E-state index contributed by atoms with van der Waals surface area (Å²) < 4.78 is 39.7. The van der Waals surface area contributed by atoms with Crippen molar-refractivity contribution >= 4 is 22.0 Å². The number of benzene rings is 1. The number of hydrogen-bond donors (Lipinski definition) is 2. The number of hydrogen-bond acceptors (Lipinski definition) is 6. The first-order valence-corrected chi connectivity index (χ1v) is 13.0. The summed E-state index contributed by atoms with van der Waals surface area (Å²) in [5, 5.41) is 2.93. The molecule has 3 amide bonds. The fourth-order valence-corrected chi connectivity index (χ4v) is 6.58. The molecule has 0 bridgehead atoms. The van der Waals surface area contributed by atoms with E-state index in [1.54, 1.807) is 35.2 Å². The Balaban J connectivity index is 1.14. The summed E-state index contributed by atoms with van der Waals surface area (Å²) in [5.41, 5.74) is -0.404. The molecule has 4 fully saturated rings. The molecule has 0 aromatic heterocycles. The third-order valence-electron chi connectivity index (χ3n) is 7.12. The van der Waals surface area contributed by atoms with Gasteiger partial charge in [0.2, 0.25) is 15.9 Å². The number of carbonyl (C=O) groups excluding carboxylic acids is 2. The second-order valence-electron chi connectivity index (χ2n) is 9.36. The number of nitrogens with one attached hydrogen (secondary N) is 2. The van der Waals surface area contributed by atoms with Gasteiger partial charge in [-0.3, -0.25) is 4.79 Å². The van der Waals surface area contributed by atoms with Crippen molar-refractivity contribution in [1.82, 2.24) is 19.8 Å². The maximum atomic E-state index is 13.1. The second-order valence-corrected chi connectivity index (χ2v) is 11.1. The number of sulfonamides is 1. The zero-order valence-corrected chi connectivity index (χ0v) is 19.3. The first kappa shape index (κ1) is 22.6. The van der Waals surface area contributed by atoms with Crippen molar-refractivity contribution in [1.29, 1.82) is 0 Å². The number of morpholine rings is 1. The number of piperidine rings is 2. The SMILES string of the molecule is O=C1COC2CCN(C(=O)N3CCC4(CC3)C[C@@H](NS(=O)(=O)c3ccccc3)CO4)CC2N1. The summed E-state index contributed by atoms with van der Waals surface area (Å²) in [6.45, 7) is 2.60. The van der Waals surface area contributed by atoms with Gasteiger partial charge in [-0.2, -0.15) is 0 Å². The van der Waals surface area contributed by atoms with Gasteiger partial charge in [0.25, 0.3) is 0 Å². The number of nitrogens with zero attached hydrogens (tertiary/aromatic N) is 2. The van der Waals surface area contributed by atoms with E-state index >= 15 is 0 Å². The Bertz CT molecular complexity index is 995. The first-order chi connectivity index (χ1) is 15.8. The van der Waals surface area contributed by atoms with Crippen molar-refractivity contribution in [3.8, 4) is 0 Å². The Morgan fingerprint density at radius 1 is 1.12 bits per heavy atom. The highest BCUT2D eigenvalue weighted by molar-refractivity contribution is 7.89. The maximum Gasteiger partial charge on any atom is 0.320 e. The highest BCUT2D eigenvalue weighted by atomic mass is 32.2. The maximum absolute atomic E-state index is 13.1. The third-order valence-corrected chi connectivity index (χ3v) is 8.66. The van der Waals surface area contributed by atoms with Crippen LogP contribution in [-0.2, 0) is 24.3 Å². The minimum absolute atomic E-state index is 0.0255. The number of ether oxygens (including phenoxy) is 2. The first-order valence-electron chi connectivity index (χ1n) is 11.5. The molecule has 0 radical (unpaired) electrons. The largest absolute Gasteiger partial charge is 0.373 e. The Hall–Kier alpha value is -2.21. The lowest BCUT2D eigenvalue weighted by molar-refractivity contribution is -0.139. The number of carbonyl (C=O) groups is 2. The van der Waals surface area contributed by atoms with Crippen LogP contribution in [-0.4, -0.2) is 93.3 Å². The molecule has 11 heteroatoms. The molecular weight excluding hydrogens is 448 g/mol. The molecule has 180 valence electrons. The summed E-state index contributed by atoms with van der Waals surface area (Å²) in [7, 11) is -3.59. The summed E-state index contributed by atoms with van der Waals surface area (Å²) in [4.78, 5) is 28.6.